The Labute approximate surface area is 91.7 Å². The predicted molar refractivity (Wildman–Crippen MR) is 58.7 cm³/mol. The predicted octanol–water partition coefficient (Wildman–Crippen LogP) is 2.24. The fourth-order valence-corrected chi connectivity index (χ4v) is 1.15. The monoisotopic (exact) mass is 296 g/mol. The van der Waals surface area contributed by atoms with Crippen molar-refractivity contribution in [1.29, 1.82) is 0 Å². The van der Waals surface area contributed by atoms with Gasteiger partial charge in [-0.2, -0.15) is 0 Å². The molecule has 3 nitrogen and oxygen atoms in total. The number of esters is 1. The molecule has 0 amide bonds. The minimum Gasteiger partial charge on any atom is -0.469 e. The van der Waals surface area contributed by atoms with E-state index in [0.717, 1.165) is 3.58 Å². The van der Waals surface area contributed by atoms with E-state index < -0.39 is 0 Å². The molecular weight excluding hydrogens is 283 g/mol. The molecule has 0 atom stereocenters. The van der Waals surface area contributed by atoms with Gasteiger partial charge in [-0.1, -0.05) is 0 Å². The quantitative estimate of drug-likeness (QED) is 0.444. The van der Waals surface area contributed by atoms with E-state index in [4.69, 9.17) is 0 Å². The Morgan fingerprint density at radius 2 is 2.00 bits per heavy atom. The van der Waals surface area contributed by atoms with Gasteiger partial charge in [0.1, 0.15) is 0 Å². The van der Waals surface area contributed by atoms with Crippen molar-refractivity contribution >= 4 is 34.3 Å². The highest BCUT2D eigenvalue weighted by atomic mass is 127. The summed E-state index contributed by atoms with van der Waals surface area (Å²) in [6.07, 6.45) is 2.87. The lowest BCUT2D eigenvalue weighted by Gasteiger charge is -1.96. The molecule has 0 aromatic carbocycles. The van der Waals surface area contributed by atoms with Crippen LogP contribution in [0.2, 0.25) is 0 Å². The number of hydrogen-bond acceptors (Lipinski definition) is 3. The number of rotatable bonds is 5. The fourth-order valence-electron chi connectivity index (χ4n) is 0.803. The Kier molecular flexibility index (Phi) is 6.84. The summed E-state index contributed by atoms with van der Waals surface area (Å²) < 4.78 is 5.40. The molecular formula is C9H13IO3. The molecule has 0 spiro atoms. The van der Waals surface area contributed by atoms with E-state index in [9.17, 15) is 9.59 Å². The average molecular weight is 296 g/mol. The number of allylic oxidation sites excluding steroid dienone is 2. The Balaban J connectivity index is 3.60. The number of halogens is 1. The highest BCUT2D eigenvalue weighted by Crippen LogP contribution is 2.06. The third-order valence-electron chi connectivity index (χ3n) is 1.39. The molecule has 13 heavy (non-hydrogen) atoms. The molecule has 0 saturated heterocycles. The van der Waals surface area contributed by atoms with E-state index in [1.54, 1.807) is 6.08 Å². The van der Waals surface area contributed by atoms with Crippen LogP contribution in [0.3, 0.4) is 0 Å². The van der Waals surface area contributed by atoms with Gasteiger partial charge in [0.25, 0.3) is 0 Å². The molecule has 74 valence electrons. The highest BCUT2D eigenvalue weighted by Gasteiger charge is 2.02. The number of ether oxygens (including phenoxy) is 1. The van der Waals surface area contributed by atoms with Crippen LogP contribution in [0.1, 0.15) is 26.2 Å². The zero-order valence-corrected chi connectivity index (χ0v) is 9.96. The lowest BCUT2D eigenvalue weighted by molar-refractivity contribution is -0.140. The van der Waals surface area contributed by atoms with Crippen molar-refractivity contribution in [3.63, 3.8) is 0 Å². The SMILES string of the molecule is COC(=O)CCCC(=O)C=C(C)I. The van der Waals surface area contributed by atoms with E-state index in [0.29, 0.717) is 19.3 Å². The third kappa shape index (κ3) is 7.95. The van der Waals surface area contributed by atoms with Crippen LogP contribution in [0.4, 0.5) is 0 Å². The topological polar surface area (TPSA) is 43.4 Å². The molecule has 4 heteroatoms. The molecule has 0 heterocycles. The molecule has 0 bridgehead atoms. The van der Waals surface area contributed by atoms with Gasteiger partial charge in [0.2, 0.25) is 0 Å². The Morgan fingerprint density at radius 3 is 2.46 bits per heavy atom. The maximum absolute atomic E-state index is 11.1. The van der Waals surface area contributed by atoms with Crippen molar-refractivity contribution in [3.05, 3.63) is 9.66 Å². The lowest BCUT2D eigenvalue weighted by Crippen LogP contribution is -2.01. The first kappa shape index (κ1) is 12.6. The molecule has 0 rings (SSSR count). The van der Waals surface area contributed by atoms with Crippen molar-refractivity contribution < 1.29 is 14.3 Å². The first-order valence-corrected chi connectivity index (χ1v) is 5.07. The van der Waals surface area contributed by atoms with E-state index in [2.05, 4.69) is 27.3 Å². The summed E-state index contributed by atoms with van der Waals surface area (Å²) in [5.74, 6) is -0.196. The highest BCUT2D eigenvalue weighted by molar-refractivity contribution is 14.1. The van der Waals surface area contributed by atoms with Gasteiger partial charge in [0.15, 0.2) is 5.78 Å². The van der Waals surface area contributed by atoms with Gasteiger partial charge >= 0.3 is 5.97 Å². The number of ketones is 1. The molecule has 0 aliphatic carbocycles. The second kappa shape index (κ2) is 7.06. The largest absolute Gasteiger partial charge is 0.469 e. The summed E-state index contributed by atoms with van der Waals surface area (Å²) in [5.41, 5.74) is 0. The van der Waals surface area contributed by atoms with Gasteiger partial charge in [0.05, 0.1) is 7.11 Å². The van der Waals surface area contributed by atoms with E-state index in [-0.39, 0.29) is 11.8 Å². The summed E-state index contributed by atoms with van der Waals surface area (Å²) in [6.45, 7) is 1.86. The second-order valence-corrected chi connectivity index (χ2v) is 4.33. The summed E-state index contributed by atoms with van der Waals surface area (Å²) in [5, 5.41) is 0. The van der Waals surface area contributed by atoms with Gasteiger partial charge in [-0.15, -0.1) is 0 Å². The van der Waals surface area contributed by atoms with Crippen LogP contribution in [0, 0.1) is 0 Å². The molecule has 0 aliphatic heterocycles. The molecule has 0 N–H and O–H groups in total. The summed E-state index contributed by atoms with van der Waals surface area (Å²) >= 11 is 2.08. The number of hydrogen-bond donors (Lipinski definition) is 0. The van der Waals surface area contributed by atoms with Crippen LogP contribution in [-0.2, 0) is 14.3 Å². The van der Waals surface area contributed by atoms with Crippen LogP contribution in [0.5, 0.6) is 0 Å². The first-order valence-electron chi connectivity index (χ1n) is 3.99. The molecule has 0 radical (unpaired) electrons. The molecule has 0 aromatic heterocycles. The van der Waals surface area contributed by atoms with Crippen molar-refractivity contribution in [2.75, 3.05) is 7.11 Å². The molecule has 0 aromatic rings. The van der Waals surface area contributed by atoms with Gasteiger partial charge in [-0.3, -0.25) is 9.59 Å². The van der Waals surface area contributed by atoms with Gasteiger partial charge < -0.3 is 4.74 Å². The van der Waals surface area contributed by atoms with Crippen LogP contribution in [-0.4, -0.2) is 18.9 Å². The molecule has 0 saturated carbocycles. The second-order valence-electron chi connectivity index (χ2n) is 2.63. The van der Waals surface area contributed by atoms with Crippen LogP contribution >= 0.6 is 22.6 Å². The summed E-state index contributed by atoms with van der Waals surface area (Å²) in [7, 11) is 1.35. The molecule has 0 unspecified atom stereocenters. The first-order chi connectivity index (χ1) is 6.06. The molecule has 0 aliphatic rings. The zero-order valence-electron chi connectivity index (χ0n) is 7.80. The van der Waals surface area contributed by atoms with Gasteiger partial charge in [0, 0.05) is 12.8 Å². The average Bonchev–Trinajstić information content (AvgIpc) is 2.02. The number of methoxy groups -OCH3 is 1. The van der Waals surface area contributed by atoms with E-state index in [1.165, 1.54) is 7.11 Å². The minimum absolute atomic E-state index is 0.0656. The van der Waals surface area contributed by atoms with Crippen LogP contribution in [0.15, 0.2) is 9.66 Å². The Morgan fingerprint density at radius 1 is 1.38 bits per heavy atom. The lowest BCUT2D eigenvalue weighted by atomic mass is 10.2. The normalized spacial score (nSPS) is 11.2. The van der Waals surface area contributed by atoms with Crippen molar-refractivity contribution in [2.24, 2.45) is 0 Å². The van der Waals surface area contributed by atoms with E-state index in [1.807, 2.05) is 6.92 Å². The Bertz CT molecular complexity index is 217. The van der Waals surface area contributed by atoms with Crippen LogP contribution < -0.4 is 0 Å². The fraction of sp³-hybridized carbons (Fsp3) is 0.556. The summed E-state index contributed by atoms with van der Waals surface area (Å²) in [4.78, 5) is 21.8. The summed E-state index contributed by atoms with van der Waals surface area (Å²) in [6, 6.07) is 0. The standard InChI is InChI=1S/C9H13IO3/c1-7(10)6-8(11)4-3-5-9(12)13-2/h6H,3-5H2,1-2H3. The number of carbonyl (C=O) groups is 2. The van der Waals surface area contributed by atoms with Crippen molar-refractivity contribution in [2.45, 2.75) is 26.2 Å². The third-order valence-corrected chi connectivity index (χ3v) is 1.70. The maximum atomic E-state index is 11.1. The minimum atomic E-state index is -0.261. The van der Waals surface area contributed by atoms with E-state index >= 15 is 0 Å². The Hall–Kier alpha value is -0.390. The number of carbonyl (C=O) groups excluding carboxylic acids is 2. The molecule has 0 fully saturated rings. The zero-order chi connectivity index (χ0) is 10.3. The van der Waals surface area contributed by atoms with Gasteiger partial charge in [-0.25, -0.2) is 0 Å². The maximum Gasteiger partial charge on any atom is 0.305 e. The smallest absolute Gasteiger partial charge is 0.305 e. The van der Waals surface area contributed by atoms with Crippen LogP contribution in [0.25, 0.3) is 0 Å². The van der Waals surface area contributed by atoms with Gasteiger partial charge in [-0.05, 0) is 45.6 Å². The van der Waals surface area contributed by atoms with Crippen molar-refractivity contribution in [1.82, 2.24) is 0 Å². The van der Waals surface area contributed by atoms with Crippen molar-refractivity contribution in [3.8, 4) is 0 Å².